The number of allylic oxidation sites excluding steroid dienone is 3. The second-order valence-electron chi connectivity index (χ2n) is 3.97. The van der Waals surface area contributed by atoms with Gasteiger partial charge in [-0.15, -0.1) is 0 Å². The molecule has 6 heteroatoms. The van der Waals surface area contributed by atoms with Crippen molar-refractivity contribution in [3.05, 3.63) is 41.2 Å². The highest BCUT2D eigenvalue weighted by Gasteiger charge is 2.34. The van der Waals surface area contributed by atoms with Gasteiger partial charge in [0.25, 0.3) is 0 Å². The number of carbonyl (C=O) groups excluding carboxylic acids is 1. The molecule has 1 aliphatic heterocycles. The summed E-state index contributed by atoms with van der Waals surface area (Å²) < 4.78 is 28.6. The Labute approximate surface area is 117 Å². The number of ether oxygens (including phenoxy) is 1. The van der Waals surface area contributed by atoms with Crippen molar-refractivity contribution in [3.63, 3.8) is 0 Å². The minimum atomic E-state index is -3.46. The van der Waals surface area contributed by atoms with E-state index in [1.165, 1.54) is 12.2 Å². The standard InChI is InChI=1S/C14H15O5P/c1-3-18-20(16)13(5-4-8-15)9-11-6-7-12(17-2)10-14(11)19-20/h4-10H,3H2,1-2H3/b5-4+. The molecular formula is C14H15O5P. The lowest BCUT2D eigenvalue weighted by Crippen LogP contribution is -2.05. The first-order valence-electron chi connectivity index (χ1n) is 6.09. The average Bonchev–Trinajstić information content (AvgIpc) is 2.44. The van der Waals surface area contributed by atoms with Gasteiger partial charge in [-0.3, -0.25) is 9.32 Å². The SMILES string of the molecule is CCOP1(=O)Oc2cc(OC)ccc2C=C1/C=C/C=O. The Morgan fingerprint density at radius 3 is 2.85 bits per heavy atom. The molecule has 1 aromatic carbocycles. The van der Waals surface area contributed by atoms with Crippen LogP contribution in [0.1, 0.15) is 12.5 Å². The highest BCUT2D eigenvalue weighted by Crippen LogP contribution is 2.60. The van der Waals surface area contributed by atoms with E-state index in [1.807, 2.05) is 0 Å². The largest absolute Gasteiger partial charge is 0.497 e. The molecule has 1 aromatic rings. The first-order valence-corrected chi connectivity index (χ1v) is 7.63. The Balaban J connectivity index is 2.50. The summed E-state index contributed by atoms with van der Waals surface area (Å²) in [5.74, 6) is 1.04. The molecule has 0 bridgehead atoms. The molecule has 106 valence electrons. The van der Waals surface area contributed by atoms with Crippen LogP contribution in [0.3, 0.4) is 0 Å². The van der Waals surface area contributed by atoms with Gasteiger partial charge in [0.05, 0.1) is 19.0 Å². The molecule has 1 unspecified atom stereocenters. The average molecular weight is 294 g/mol. The van der Waals surface area contributed by atoms with E-state index in [0.29, 0.717) is 23.1 Å². The molecule has 2 rings (SSSR count). The van der Waals surface area contributed by atoms with Gasteiger partial charge in [-0.1, -0.05) is 0 Å². The van der Waals surface area contributed by atoms with Crippen molar-refractivity contribution in [3.8, 4) is 11.5 Å². The van der Waals surface area contributed by atoms with Gasteiger partial charge in [0, 0.05) is 11.6 Å². The van der Waals surface area contributed by atoms with Crippen molar-refractivity contribution in [2.75, 3.05) is 13.7 Å². The number of benzene rings is 1. The zero-order valence-corrected chi connectivity index (χ0v) is 12.1. The van der Waals surface area contributed by atoms with Crippen LogP contribution in [0.2, 0.25) is 0 Å². The first-order chi connectivity index (χ1) is 9.62. The number of hydrogen-bond acceptors (Lipinski definition) is 5. The molecule has 0 spiro atoms. The van der Waals surface area contributed by atoms with Crippen LogP contribution in [-0.4, -0.2) is 20.0 Å². The Morgan fingerprint density at radius 2 is 2.20 bits per heavy atom. The zero-order valence-electron chi connectivity index (χ0n) is 11.2. The molecule has 0 radical (unpaired) electrons. The van der Waals surface area contributed by atoms with Gasteiger partial charge in [0.2, 0.25) is 0 Å². The van der Waals surface area contributed by atoms with Crippen molar-refractivity contribution in [1.29, 1.82) is 0 Å². The number of methoxy groups -OCH3 is 1. The lowest BCUT2D eigenvalue weighted by atomic mass is 10.1. The van der Waals surface area contributed by atoms with E-state index in [-0.39, 0.29) is 6.61 Å². The van der Waals surface area contributed by atoms with Crippen molar-refractivity contribution in [2.45, 2.75) is 6.92 Å². The van der Waals surface area contributed by atoms with Crippen LogP contribution in [0.15, 0.2) is 35.7 Å². The quantitative estimate of drug-likeness (QED) is 0.473. The van der Waals surface area contributed by atoms with Gasteiger partial charge in [-0.25, -0.2) is 4.57 Å². The van der Waals surface area contributed by atoms with Crippen LogP contribution in [0.4, 0.5) is 0 Å². The number of fused-ring (bicyclic) bond motifs is 1. The molecule has 20 heavy (non-hydrogen) atoms. The Kier molecular flexibility index (Phi) is 4.42. The van der Waals surface area contributed by atoms with Crippen molar-refractivity contribution >= 4 is 20.0 Å². The molecule has 0 saturated heterocycles. The predicted octanol–water partition coefficient (Wildman–Crippen LogP) is 3.41. The first kappa shape index (κ1) is 14.6. The van der Waals surface area contributed by atoms with E-state index in [2.05, 4.69) is 0 Å². The van der Waals surface area contributed by atoms with Crippen LogP contribution in [0, 0.1) is 0 Å². The lowest BCUT2D eigenvalue weighted by molar-refractivity contribution is -0.104. The molecular weight excluding hydrogens is 279 g/mol. The van der Waals surface area contributed by atoms with E-state index in [9.17, 15) is 9.36 Å². The van der Waals surface area contributed by atoms with Crippen LogP contribution in [0.5, 0.6) is 11.5 Å². The van der Waals surface area contributed by atoms with Gasteiger partial charge in [0.1, 0.15) is 17.8 Å². The summed E-state index contributed by atoms with van der Waals surface area (Å²) in [6.45, 7) is 1.97. The van der Waals surface area contributed by atoms with Crippen molar-refractivity contribution in [2.24, 2.45) is 0 Å². The summed E-state index contributed by atoms with van der Waals surface area (Å²) in [4.78, 5) is 10.4. The van der Waals surface area contributed by atoms with Gasteiger partial charge in [-0.2, -0.15) is 0 Å². The smallest absolute Gasteiger partial charge is 0.410 e. The predicted molar refractivity (Wildman–Crippen MR) is 76.0 cm³/mol. The maximum Gasteiger partial charge on any atom is 0.410 e. The summed E-state index contributed by atoms with van der Waals surface area (Å²) in [6, 6.07) is 5.22. The van der Waals surface area contributed by atoms with Crippen molar-refractivity contribution in [1.82, 2.24) is 0 Å². The third-order valence-corrected chi connectivity index (χ3v) is 4.65. The van der Waals surface area contributed by atoms with Crippen LogP contribution in [0.25, 0.3) is 6.08 Å². The molecule has 1 aliphatic rings. The molecule has 0 fully saturated rings. The third-order valence-electron chi connectivity index (χ3n) is 2.70. The fourth-order valence-corrected chi connectivity index (χ4v) is 3.44. The Hall–Kier alpha value is -1.84. The van der Waals surface area contributed by atoms with Gasteiger partial charge < -0.3 is 9.26 Å². The zero-order chi connectivity index (χ0) is 14.6. The van der Waals surface area contributed by atoms with E-state index < -0.39 is 7.60 Å². The highest BCUT2D eigenvalue weighted by molar-refractivity contribution is 7.59. The molecule has 0 N–H and O–H groups in total. The minimum Gasteiger partial charge on any atom is -0.497 e. The van der Waals surface area contributed by atoms with E-state index in [4.69, 9.17) is 13.8 Å². The van der Waals surface area contributed by atoms with E-state index in [1.54, 1.807) is 38.3 Å². The lowest BCUT2D eigenvalue weighted by Gasteiger charge is -2.25. The fraction of sp³-hybridized carbons (Fsp3) is 0.214. The normalized spacial score (nSPS) is 21.0. The van der Waals surface area contributed by atoms with Gasteiger partial charge in [0.15, 0.2) is 0 Å². The fourth-order valence-electron chi connectivity index (χ4n) is 1.81. The Bertz CT molecular complexity index is 618. The summed E-state index contributed by atoms with van der Waals surface area (Å²) >= 11 is 0. The number of hydrogen-bond donors (Lipinski definition) is 0. The summed E-state index contributed by atoms with van der Waals surface area (Å²) in [7, 11) is -1.91. The molecule has 0 aliphatic carbocycles. The number of rotatable bonds is 5. The molecule has 1 heterocycles. The van der Waals surface area contributed by atoms with E-state index >= 15 is 0 Å². The Morgan fingerprint density at radius 1 is 1.40 bits per heavy atom. The van der Waals surface area contributed by atoms with Crippen LogP contribution >= 0.6 is 7.60 Å². The molecule has 0 amide bonds. The highest BCUT2D eigenvalue weighted by atomic mass is 31.2. The second-order valence-corrected chi connectivity index (χ2v) is 5.93. The maximum absolute atomic E-state index is 12.7. The molecule has 0 aromatic heterocycles. The van der Waals surface area contributed by atoms with Crippen molar-refractivity contribution < 1.29 is 23.1 Å². The summed E-state index contributed by atoms with van der Waals surface area (Å²) in [5.41, 5.74) is 0.752. The number of carbonyl (C=O) groups is 1. The van der Waals surface area contributed by atoms with Crippen LogP contribution in [-0.2, 0) is 13.9 Å². The monoisotopic (exact) mass is 294 g/mol. The molecule has 1 atom stereocenters. The van der Waals surface area contributed by atoms with E-state index in [0.717, 1.165) is 5.56 Å². The molecule has 0 saturated carbocycles. The summed E-state index contributed by atoms with van der Waals surface area (Å²) in [5, 5.41) is 0.351. The van der Waals surface area contributed by atoms with Crippen LogP contribution < -0.4 is 9.26 Å². The second kappa shape index (κ2) is 6.07. The summed E-state index contributed by atoms with van der Waals surface area (Å²) in [6.07, 6.45) is 5.00. The van der Waals surface area contributed by atoms with Gasteiger partial charge in [-0.05, 0) is 37.3 Å². The topological polar surface area (TPSA) is 61.8 Å². The van der Waals surface area contributed by atoms with Gasteiger partial charge >= 0.3 is 7.60 Å². The number of aldehydes is 1. The third kappa shape index (κ3) is 2.84. The maximum atomic E-state index is 12.7. The molecule has 5 nitrogen and oxygen atoms in total. The minimum absolute atomic E-state index is 0.239.